The average Bonchev–Trinajstić information content (AvgIpc) is 3.95. The maximum absolute atomic E-state index is 15.1. The summed E-state index contributed by atoms with van der Waals surface area (Å²) >= 11 is 0. The van der Waals surface area contributed by atoms with Gasteiger partial charge in [0.1, 0.15) is 54.2 Å². The molecule has 0 radical (unpaired) electrons. The van der Waals surface area contributed by atoms with E-state index in [1.807, 2.05) is 27.7 Å². The normalized spacial score (nSPS) is 29.1. The molecule has 0 aromatic rings. The molecule has 380 valence electrons. The number of hydrogen-bond acceptors (Lipinski definition) is 12. The third-order valence-corrected chi connectivity index (χ3v) is 13.6. The Bertz CT molecular complexity index is 1290. The highest BCUT2D eigenvalue weighted by Gasteiger charge is 2.56. The zero-order valence-corrected chi connectivity index (χ0v) is 42.5. The van der Waals surface area contributed by atoms with E-state index < -0.39 is 77.4 Å². The molecule has 0 spiro atoms. The number of aliphatic hydroxyl groups excluding tert-OH is 2. The van der Waals surface area contributed by atoms with Crippen LogP contribution >= 0.6 is 0 Å². The van der Waals surface area contributed by atoms with Gasteiger partial charge in [-0.05, 0) is 68.2 Å². The summed E-state index contributed by atoms with van der Waals surface area (Å²) in [7, 11) is 0. The van der Waals surface area contributed by atoms with Crippen LogP contribution in [0.25, 0.3) is 0 Å². The van der Waals surface area contributed by atoms with Crippen molar-refractivity contribution < 1.29 is 57.7 Å². The van der Waals surface area contributed by atoms with Gasteiger partial charge >= 0.3 is 0 Å². The number of carbonyl (C=O) groups is 2. The number of amides is 2. The topological polar surface area (TPSA) is 172 Å². The molecule has 14 nitrogen and oxygen atoms in total. The van der Waals surface area contributed by atoms with Gasteiger partial charge in [-0.25, -0.2) is 0 Å². The molecule has 4 fully saturated rings. The molecule has 0 aliphatic carbocycles. The molecule has 0 aromatic heterocycles. The summed E-state index contributed by atoms with van der Waals surface area (Å²) in [6, 6.07) is 0. The van der Waals surface area contributed by atoms with E-state index in [9.17, 15) is 10.2 Å². The van der Waals surface area contributed by atoms with Gasteiger partial charge < -0.3 is 58.7 Å². The van der Waals surface area contributed by atoms with E-state index in [-0.39, 0.29) is 38.1 Å². The van der Waals surface area contributed by atoms with Crippen molar-refractivity contribution in [3.05, 3.63) is 0 Å². The maximum Gasteiger partial charge on any atom is 0.235 e. The van der Waals surface area contributed by atoms with Crippen LogP contribution in [0.1, 0.15) is 210 Å². The van der Waals surface area contributed by atoms with Gasteiger partial charge in [0, 0.05) is 13.1 Å². The van der Waals surface area contributed by atoms with E-state index in [1.54, 1.807) is 27.7 Å². The lowest BCUT2D eigenvalue weighted by Gasteiger charge is -2.33. The Morgan fingerprint density at radius 3 is 0.923 bits per heavy atom. The van der Waals surface area contributed by atoms with Crippen molar-refractivity contribution >= 4 is 11.8 Å². The first-order chi connectivity index (χ1) is 30.8. The minimum absolute atomic E-state index is 0.0731. The third kappa shape index (κ3) is 17.5. The number of hydrogen-bond donors (Lipinski definition) is 4. The van der Waals surface area contributed by atoms with Crippen LogP contribution in [-0.4, -0.2) is 120 Å². The van der Waals surface area contributed by atoms with E-state index in [4.69, 9.17) is 37.9 Å². The molecule has 4 aliphatic rings. The van der Waals surface area contributed by atoms with Crippen molar-refractivity contribution in [1.29, 1.82) is 0 Å². The predicted octanol–water partition coefficient (Wildman–Crippen LogP) is 8.89. The van der Waals surface area contributed by atoms with E-state index in [0.717, 1.165) is 51.4 Å². The molecule has 8 atom stereocenters. The van der Waals surface area contributed by atoms with Crippen LogP contribution in [0.2, 0.25) is 0 Å². The Labute approximate surface area is 393 Å². The minimum atomic E-state index is -1.37. The minimum Gasteiger partial charge on any atom is -0.394 e. The van der Waals surface area contributed by atoms with Gasteiger partial charge in [0.2, 0.25) is 11.8 Å². The van der Waals surface area contributed by atoms with Crippen molar-refractivity contribution in [2.75, 3.05) is 26.3 Å². The number of unbranched alkanes of at least 4 members (excludes halogenated alkanes) is 18. The van der Waals surface area contributed by atoms with Crippen molar-refractivity contribution in [2.45, 2.75) is 282 Å². The number of nitrogens with one attached hydrogen (secondary N) is 2. The lowest BCUT2D eigenvalue weighted by atomic mass is 9.75. The van der Waals surface area contributed by atoms with Gasteiger partial charge in [-0.1, -0.05) is 142 Å². The quantitative estimate of drug-likeness (QED) is 0.0374. The van der Waals surface area contributed by atoms with Crippen LogP contribution in [0.5, 0.6) is 0 Å². The Kier molecular flexibility index (Phi) is 22.9. The van der Waals surface area contributed by atoms with Crippen LogP contribution in [0.4, 0.5) is 0 Å². The molecule has 0 aromatic carbocycles. The van der Waals surface area contributed by atoms with Gasteiger partial charge in [0.15, 0.2) is 23.1 Å². The molecule has 4 saturated heterocycles. The molecular weight excluding hydrogens is 833 g/mol. The second kappa shape index (κ2) is 26.5. The van der Waals surface area contributed by atoms with Crippen LogP contribution in [0.15, 0.2) is 0 Å². The molecule has 65 heavy (non-hydrogen) atoms. The van der Waals surface area contributed by atoms with E-state index >= 15 is 9.59 Å². The fourth-order valence-corrected chi connectivity index (χ4v) is 10.4. The Morgan fingerprint density at radius 1 is 0.400 bits per heavy atom. The molecule has 4 rings (SSSR count). The van der Waals surface area contributed by atoms with Gasteiger partial charge in [-0.3, -0.25) is 9.59 Å². The monoisotopic (exact) mass is 927 g/mol. The molecule has 4 heterocycles. The van der Waals surface area contributed by atoms with Crippen molar-refractivity contribution in [3.8, 4) is 0 Å². The summed E-state index contributed by atoms with van der Waals surface area (Å²) in [6.07, 6.45) is 18.4. The number of ether oxygens (including phenoxy) is 8. The fourth-order valence-electron chi connectivity index (χ4n) is 10.4. The summed E-state index contributed by atoms with van der Waals surface area (Å²) in [5.74, 6) is -4.52. The van der Waals surface area contributed by atoms with Crippen molar-refractivity contribution in [2.24, 2.45) is 5.41 Å². The fraction of sp³-hybridized carbons (Fsp3) is 0.961. The van der Waals surface area contributed by atoms with Crippen molar-refractivity contribution in [3.63, 3.8) is 0 Å². The second-order valence-electron chi connectivity index (χ2n) is 21.3. The van der Waals surface area contributed by atoms with Crippen LogP contribution in [-0.2, 0) is 47.5 Å². The summed E-state index contributed by atoms with van der Waals surface area (Å²) in [6.45, 7) is 18.6. The van der Waals surface area contributed by atoms with Crippen molar-refractivity contribution in [1.82, 2.24) is 10.6 Å². The molecule has 4 aliphatic heterocycles. The van der Waals surface area contributed by atoms with Crippen LogP contribution in [0, 0.1) is 5.41 Å². The predicted molar refractivity (Wildman–Crippen MR) is 251 cm³/mol. The molecule has 0 bridgehead atoms. The maximum atomic E-state index is 15.1. The molecule has 2 amide bonds. The second-order valence-corrected chi connectivity index (χ2v) is 21.3. The lowest BCUT2D eigenvalue weighted by Crippen LogP contribution is -2.56. The summed E-state index contributed by atoms with van der Waals surface area (Å²) in [4.78, 5) is 30.2. The number of rotatable bonds is 32. The van der Waals surface area contributed by atoms with Crippen LogP contribution < -0.4 is 10.6 Å². The number of aliphatic hydroxyl groups is 2. The summed E-state index contributed by atoms with van der Waals surface area (Å²) in [5, 5.41) is 26.9. The third-order valence-electron chi connectivity index (χ3n) is 13.6. The van der Waals surface area contributed by atoms with E-state index in [1.165, 1.54) is 77.0 Å². The number of carbonyl (C=O) groups excluding carboxylic acids is 2. The van der Waals surface area contributed by atoms with E-state index in [2.05, 4.69) is 24.5 Å². The highest BCUT2D eigenvalue weighted by molar-refractivity contribution is 6.05. The lowest BCUT2D eigenvalue weighted by molar-refractivity contribution is -0.175. The molecular formula is C51H94N2O12. The molecule has 0 saturated carbocycles. The Balaban J connectivity index is 1.55. The van der Waals surface area contributed by atoms with Gasteiger partial charge in [-0.15, -0.1) is 0 Å². The molecule has 14 heteroatoms. The first-order valence-electron chi connectivity index (χ1n) is 26.0. The van der Waals surface area contributed by atoms with E-state index in [0.29, 0.717) is 12.8 Å². The zero-order chi connectivity index (χ0) is 47.7. The Morgan fingerprint density at radius 2 is 0.646 bits per heavy atom. The smallest absolute Gasteiger partial charge is 0.235 e. The first-order valence-corrected chi connectivity index (χ1v) is 26.0. The SMILES string of the molecule is CCCCCCCCCCCCC(CCCCCCCCCCCC)(C(=O)NC[C@H]1OC(C)(C)O[C@@H]1[C@@H]1OC(C)(C)O[C@H]1CO)C(=O)NC[C@H]1OC(C)(C)O[C@@H]1[C@@H]1OC(C)(C)O[C@H]1CO. The summed E-state index contributed by atoms with van der Waals surface area (Å²) < 4.78 is 50.1. The molecule has 4 N–H and O–H groups in total. The van der Waals surface area contributed by atoms with Crippen LogP contribution in [0.3, 0.4) is 0 Å². The van der Waals surface area contributed by atoms with Gasteiger partial charge in [-0.2, -0.15) is 0 Å². The van der Waals surface area contributed by atoms with Gasteiger partial charge in [0.05, 0.1) is 13.2 Å². The molecule has 0 unspecified atom stereocenters. The Hall–Kier alpha value is -1.46. The standard InChI is InChI=1S/C51H94N2O12/c1-11-13-15-17-19-21-23-25-27-29-31-51(32-30-28-26-24-22-20-18-16-14-12-2,45(56)52-33-37-41(62-47(3,4)58-37)43-39(35-54)60-49(7,8)64-43)46(57)53-34-38-42(63-48(5,6)59-38)44-40(36-55)61-50(9,10)65-44/h37-44,54-55H,11-36H2,1-10H3,(H,52,56)(H,53,57)/t37-,38-,39+,40+,41+,42+,43-,44-/m1/s1. The average molecular weight is 927 g/mol. The zero-order valence-electron chi connectivity index (χ0n) is 42.5. The van der Waals surface area contributed by atoms with Gasteiger partial charge in [0.25, 0.3) is 0 Å². The first kappa shape index (κ1) is 56.1. The summed E-state index contributed by atoms with van der Waals surface area (Å²) in [5.41, 5.74) is -1.37. The highest BCUT2D eigenvalue weighted by Crippen LogP contribution is 2.41. The largest absolute Gasteiger partial charge is 0.394 e. The highest BCUT2D eigenvalue weighted by atomic mass is 16.8.